The van der Waals surface area contributed by atoms with Gasteiger partial charge in [0.25, 0.3) is 0 Å². The van der Waals surface area contributed by atoms with E-state index in [2.05, 4.69) is 5.32 Å². The first-order chi connectivity index (χ1) is 3.34. The molecule has 1 unspecified atom stereocenters. The predicted octanol–water partition coefficient (Wildman–Crippen LogP) is -0.0994. The molecule has 42 valence electrons. The Bertz CT molecular complexity index is 59.1. The summed E-state index contributed by atoms with van der Waals surface area (Å²) in [5, 5.41) is 3.00. The standard InChI is InChI=1S/C5H12N2/c1-7-5(6)4-2-3-4/h4-5,7H,2-3,6H2,1H3. The first-order valence-corrected chi connectivity index (χ1v) is 2.77. The largest absolute Gasteiger partial charge is 0.316 e. The van der Waals surface area contributed by atoms with Gasteiger partial charge in [-0.3, -0.25) is 0 Å². The Labute approximate surface area is 44.1 Å². The molecule has 1 rings (SSSR count). The van der Waals surface area contributed by atoms with E-state index in [4.69, 9.17) is 5.73 Å². The van der Waals surface area contributed by atoms with Crippen LogP contribution in [0.25, 0.3) is 0 Å². The minimum absolute atomic E-state index is 0.264. The molecular formula is C5H12N2. The highest BCUT2D eigenvalue weighted by Gasteiger charge is 2.26. The second-order valence-corrected chi connectivity index (χ2v) is 2.15. The second-order valence-electron chi connectivity index (χ2n) is 2.15. The van der Waals surface area contributed by atoms with Crippen molar-refractivity contribution in [1.82, 2.24) is 5.32 Å². The van der Waals surface area contributed by atoms with Crippen molar-refractivity contribution in [3.05, 3.63) is 0 Å². The lowest BCUT2D eigenvalue weighted by Crippen LogP contribution is -2.36. The van der Waals surface area contributed by atoms with E-state index in [1.165, 1.54) is 12.8 Å². The van der Waals surface area contributed by atoms with Crippen LogP contribution >= 0.6 is 0 Å². The molecule has 3 N–H and O–H groups in total. The summed E-state index contributed by atoms with van der Waals surface area (Å²) in [4.78, 5) is 0. The number of hydrogen-bond donors (Lipinski definition) is 2. The second kappa shape index (κ2) is 1.80. The zero-order chi connectivity index (χ0) is 5.28. The first kappa shape index (κ1) is 5.06. The maximum Gasteiger partial charge on any atom is 0.0572 e. The third-order valence-corrected chi connectivity index (χ3v) is 1.46. The van der Waals surface area contributed by atoms with E-state index >= 15 is 0 Å². The van der Waals surface area contributed by atoms with Crippen LogP contribution < -0.4 is 11.1 Å². The molecule has 0 spiro atoms. The van der Waals surface area contributed by atoms with Gasteiger partial charge in [0.2, 0.25) is 0 Å². The normalized spacial score (nSPS) is 24.9. The summed E-state index contributed by atoms with van der Waals surface area (Å²) >= 11 is 0. The molecule has 1 atom stereocenters. The van der Waals surface area contributed by atoms with Crippen LogP contribution in [-0.4, -0.2) is 13.2 Å². The molecule has 7 heavy (non-hydrogen) atoms. The number of rotatable bonds is 2. The molecule has 0 saturated heterocycles. The minimum atomic E-state index is 0.264. The highest BCUT2D eigenvalue weighted by atomic mass is 15.0. The van der Waals surface area contributed by atoms with E-state index in [1.54, 1.807) is 0 Å². The molecule has 0 aromatic heterocycles. The lowest BCUT2D eigenvalue weighted by molar-refractivity contribution is 0.522. The van der Waals surface area contributed by atoms with Gasteiger partial charge in [-0.15, -0.1) is 0 Å². The molecule has 0 aromatic rings. The van der Waals surface area contributed by atoms with E-state index in [0.29, 0.717) is 0 Å². The minimum Gasteiger partial charge on any atom is -0.316 e. The molecule has 2 nitrogen and oxygen atoms in total. The van der Waals surface area contributed by atoms with E-state index in [0.717, 1.165) is 5.92 Å². The molecule has 1 aliphatic rings. The van der Waals surface area contributed by atoms with Gasteiger partial charge in [0.15, 0.2) is 0 Å². The first-order valence-electron chi connectivity index (χ1n) is 2.77. The van der Waals surface area contributed by atoms with Crippen molar-refractivity contribution in [3.8, 4) is 0 Å². The molecule has 0 radical (unpaired) electrons. The van der Waals surface area contributed by atoms with Crippen molar-refractivity contribution in [2.24, 2.45) is 11.7 Å². The van der Waals surface area contributed by atoms with E-state index in [-0.39, 0.29) is 6.17 Å². The van der Waals surface area contributed by atoms with Crippen molar-refractivity contribution in [3.63, 3.8) is 0 Å². The smallest absolute Gasteiger partial charge is 0.0572 e. The third kappa shape index (κ3) is 1.14. The quantitative estimate of drug-likeness (QED) is 0.475. The van der Waals surface area contributed by atoms with Gasteiger partial charge in [0.1, 0.15) is 0 Å². The topological polar surface area (TPSA) is 38.0 Å². The van der Waals surface area contributed by atoms with Crippen molar-refractivity contribution in [1.29, 1.82) is 0 Å². The fourth-order valence-electron chi connectivity index (χ4n) is 0.691. The Kier molecular flexibility index (Phi) is 1.30. The molecule has 0 amide bonds. The predicted molar refractivity (Wildman–Crippen MR) is 29.8 cm³/mol. The summed E-state index contributed by atoms with van der Waals surface area (Å²) in [7, 11) is 1.91. The molecule has 0 heterocycles. The van der Waals surface area contributed by atoms with Crippen molar-refractivity contribution in [2.75, 3.05) is 7.05 Å². The molecule has 1 saturated carbocycles. The summed E-state index contributed by atoms with van der Waals surface area (Å²) < 4.78 is 0. The summed E-state index contributed by atoms with van der Waals surface area (Å²) in [6, 6.07) is 0. The fraction of sp³-hybridized carbons (Fsp3) is 1.00. The van der Waals surface area contributed by atoms with Crippen molar-refractivity contribution < 1.29 is 0 Å². The van der Waals surface area contributed by atoms with Crippen LogP contribution in [0.4, 0.5) is 0 Å². The molecular weight excluding hydrogens is 88.1 g/mol. The summed E-state index contributed by atoms with van der Waals surface area (Å²) in [6.45, 7) is 0. The van der Waals surface area contributed by atoms with E-state index in [9.17, 15) is 0 Å². The zero-order valence-corrected chi connectivity index (χ0v) is 4.65. The van der Waals surface area contributed by atoms with E-state index < -0.39 is 0 Å². The summed E-state index contributed by atoms with van der Waals surface area (Å²) in [6.07, 6.45) is 2.91. The monoisotopic (exact) mass is 100 g/mol. The Morgan fingerprint density at radius 2 is 2.29 bits per heavy atom. The number of nitrogens with one attached hydrogen (secondary N) is 1. The summed E-state index contributed by atoms with van der Waals surface area (Å²) in [5.41, 5.74) is 5.57. The Balaban J connectivity index is 2.10. The Morgan fingerprint density at radius 3 is 2.43 bits per heavy atom. The van der Waals surface area contributed by atoms with Crippen LogP contribution in [0, 0.1) is 5.92 Å². The van der Waals surface area contributed by atoms with Gasteiger partial charge >= 0.3 is 0 Å². The lowest BCUT2D eigenvalue weighted by Gasteiger charge is -2.05. The SMILES string of the molecule is CNC(N)C1CC1. The van der Waals surface area contributed by atoms with Crippen LogP contribution in [0.1, 0.15) is 12.8 Å². The number of hydrogen-bond acceptors (Lipinski definition) is 2. The van der Waals surface area contributed by atoms with Crippen LogP contribution in [0.2, 0.25) is 0 Å². The van der Waals surface area contributed by atoms with Crippen LogP contribution in [0.15, 0.2) is 0 Å². The van der Waals surface area contributed by atoms with Crippen LogP contribution in [0.3, 0.4) is 0 Å². The Morgan fingerprint density at radius 1 is 1.71 bits per heavy atom. The molecule has 1 fully saturated rings. The molecule has 0 aromatic carbocycles. The maximum absolute atomic E-state index is 5.57. The highest BCUT2D eigenvalue weighted by molar-refractivity contribution is 4.80. The van der Waals surface area contributed by atoms with Gasteiger partial charge in [0.05, 0.1) is 6.17 Å². The van der Waals surface area contributed by atoms with Gasteiger partial charge in [-0.25, -0.2) is 0 Å². The summed E-state index contributed by atoms with van der Waals surface area (Å²) in [5.74, 6) is 0.782. The average Bonchev–Trinajstić information content (AvgIpc) is 2.44. The zero-order valence-electron chi connectivity index (χ0n) is 4.65. The van der Waals surface area contributed by atoms with Gasteiger partial charge in [0, 0.05) is 0 Å². The maximum atomic E-state index is 5.57. The van der Waals surface area contributed by atoms with Gasteiger partial charge in [-0.2, -0.15) is 0 Å². The lowest BCUT2D eigenvalue weighted by atomic mass is 10.3. The average molecular weight is 100 g/mol. The molecule has 2 heteroatoms. The third-order valence-electron chi connectivity index (χ3n) is 1.46. The van der Waals surface area contributed by atoms with Crippen molar-refractivity contribution >= 4 is 0 Å². The van der Waals surface area contributed by atoms with Gasteiger partial charge in [-0.1, -0.05) is 0 Å². The molecule has 0 bridgehead atoms. The molecule has 1 aliphatic carbocycles. The van der Waals surface area contributed by atoms with Gasteiger partial charge in [-0.05, 0) is 25.8 Å². The Hall–Kier alpha value is -0.0800. The number of nitrogens with two attached hydrogens (primary N) is 1. The van der Waals surface area contributed by atoms with Crippen molar-refractivity contribution in [2.45, 2.75) is 19.0 Å². The fourth-order valence-corrected chi connectivity index (χ4v) is 0.691. The van der Waals surface area contributed by atoms with Gasteiger partial charge < -0.3 is 11.1 Å². The highest BCUT2D eigenvalue weighted by Crippen LogP contribution is 2.29. The van der Waals surface area contributed by atoms with Crippen LogP contribution in [-0.2, 0) is 0 Å². The van der Waals surface area contributed by atoms with Crippen LogP contribution in [0.5, 0.6) is 0 Å². The van der Waals surface area contributed by atoms with E-state index in [1.807, 2.05) is 7.05 Å². The molecule has 0 aliphatic heterocycles.